The number of hydrogen-bond donors (Lipinski definition) is 6. The van der Waals surface area contributed by atoms with E-state index in [1.807, 2.05) is 48.5 Å². The first kappa shape index (κ1) is 28.4. The van der Waals surface area contributed by atoms with Gasteiger partial charge in [-0.3, -0.25) is 24.0 Å². The van der Waals surface area contributed by atoms with E-state index in [2.05, 4.69) is 33.9 Å². The summed E-state index contributed by atoms with van der Waals surface area (Å²) in [5.74, 6) is -3.21. The van der Waals surface area contributed by atoms with Gasteiger partial charge < -0.3 is 26.4 Å². The summed E-state index contributed by atoms with van der Waals surface area (Å²) in [6, 6.07) is 16.5. The molecule has 1 unspecified atom stereocenters. The van der Waals surface area contributed by atoms with Crippen LogP contribution in [0, 0.1) is 0 Å². The first-order chi connectivity index (χ1) is 17.1. The number of carbonyl (C=O) groups is 5. The van der Waals surface area contributed by atoms with Crippen LogP contribution >= 0.6 is 12.6 Å². The lowest BCUT2D eigenvalue weighted by atomic mass is 10.0. The van der Waals surface area contributed by atoms with Gasteiger partial charge in [0.2, 0.25) is 23.6 Å². The Morgan fingerprint density at radius 2 is 1.58 bits per heavy atom. The van der Waals surface area contributed by atoms with Gasteiger partial charge in [-0.25, -0.2) is 0 Å². The lowest BCUT2D eigenvalue weighted by Gasteiger charge is -2.15. The monoisotopic (exact) mass is 514 g/mol. The molecular weight excluding hydrogens is 484 g/mol. The second-order valence-electron chi connectivity index (χ2n) is 8.07. The molecule has 36 heavy (non-hydrogen) atoms. The number of aliphatic carboxylic acids is 1. The number of carboxylic acids is 1. The topological polar surface area (TPSA) is 154 Å². The van der Waals surface area contributed by atoms with Gasteiger partial charge in [-0.05, 0) is 36.6 Å². The van der Waals surface area contributed by atoms with Crippen molar-refractivity contribution in [3.05, 3.63) is 65.7 Å². The first-order valence-corrected chi connectivity index (χ1v) is 11.8. The molecular formula is C25H30N4O6S. The summed E-state index contributed by atoms with van der Waals surface area (Å²) >= 11 is 3.89. The third-order valence-electron chi connectivity index (χ3n) is 4.98. The van der Waals surface area contributed by atoms with E-state index in [1.165, 1.54) is 6.92 Å². The molecule has 0 spiro atoms. The fourth-order valence-electron chi connectivity index (χ4n) is 3.17. The van der Waals surface area contributed by atoms with Crippen LogP contribution < -0.4 is 21.3 Å². The number of amides is 4. The normalized spacial score (nSPS) is 12.1. The van der Waals surface area contributed by atoms with Crippen LogP contribution in [0.3, 0.4) is 0 Å². The number of anilines is 1. The van der Waals surface area contributed by atoms with E-state index in [4.69, 9.17) is 5.11 Å². The minimum Gasteiger partial charge on any atom is -0.481 e. The van der Waals surface area contributed by atoms with Crippen LogP contribution in [0.5, 0.6) is 0 Å². The molecule has 10 nitrogen and oxygen atoms in total. The van der Waals surface area contributed by atoms with Crippen LogP contribution in [0.25, 0.3) is 0 Å². The van der Waals surface area contributed by atoms with Crippen LogP contribution in [-0.4, -0.2) is 59.1 Å². The Morgan fingerprint density at radius 1 is 0.889 bits per heavy atom. The highest BCUT2D eigenvalue weighted by Crippen LogP contribution is 2.14. The van der Waals surface area contributed by atoms with Crippen LogP contribution in [0.1, 0.15) is 30.9 Å². The lowest BCUT2D eigenvalue weighted by Crippen LogP contribution is -2.47. The molecule has 0 saturated heterocycles. The summed E-state index contributed by atoms with van der Waals surface area (Å²) in [6.07, 6.45) is 0.168. The third-order valence-corrected chi connectivity index (χ3v) is 5.39. The third kappa shape index (κ3) is 10.6. The second-order valence-corrected chi connectivity index (χ2v) is 8.70. The molecule has 0 fully saturated rings. The molecule has 0 bridgehead atoms. The molecule has 4 amide bonds. The lowest BCUT2D eigenvalue weighted by molar-refractivity contribution is -0.138. The van der Waals surface area contributed by atoms with Crippen molar-refractivity contribution in [2.75, 3.05) is 18.4 Å². The van der Waals surface area contributed by atoms with Crippen molar-refractivity contribution in [1.82, 2.24) is 16.0 Å². The molecule has 0 saturated carbocycles. The Bertz CT molecular complexity index is 1080. The highest BCUT2D eigenvalue weighted by molar-refractivity contribution is 7.81. The summed E-state index contributed by atoms with van der Waals surface area (Å²) in [5.41, 5.74) is 2.79. The Kier molecular flexibility index (Phi) is 11.4. The molecule has 0 aromatic heterocycles. The number of nitrogens with one attached hydrogen (secondary N) is 4. The molecule has 0 aliphatic heterocycles. The predicted octanol–water partition coefficient (Wildman–Crippen LogP) is 1.12. The maximum absolute atomic E-state index is 12.3. The fourth-order valence-corrected chi connectivity index (χ4v) is 3.42. The van der Waals surface area contributed by atoms with Crippen molar-refractivity contribution < 1.29 is 29.1 Å². The molecule has 2 atom stereocenters. The van der Waals surface area contributed by atoms with Gasteiger partial charge in [-0.15, -0.1) is 0 Å². The number of hydrogen-bond acceptors (Lipinski definition) is 6. The maximum atomic E-state index is 12.3. The van der Waals surface area contributed by atoms with E-state index in [-0.39, 0.29) is 19.5 Å². The zero-order chi connectivity index (χ0) is 26.5. The average Bonchev–Trinajstić information content (AvgIpc) is 2.82. The van der Waals surface area contributed by atoms with Gasteiger partial charge in [0, 0.05) is 18.7 Å². The maximum Gasteiger partial charge on any atom is 0.304 e. The second kappa shape index (κ2) is 14.5. The number of carbonyl (C=O) groups excluding carboxylic acids is 4. The Morgan fingerprint density at radius 3 is 2.28 bits per heavy atom. The SMILES string of the molecule is C[C@H](NC(=O)CCNC(=O)C(S)CC(=O)O)C(=O)NCC(=O)Nc1cccc(Cc2ccccc2)c1. The highest BCUT2D eigenvalue weighted by atomic mass is 32.1. The van der Waals surface area contributed by atoms with Crippen LogP contribution in [0.15, 0.2) is 54.6 Å². The zero-order valence-corrected chi connectivity index (χ0v) is 20.7. The first-order valence-electron chi connectivity index (χ1n) is 11.3. The summed E-state index contributed by atoms with van der Waals surface area (Å²) in [6.45, 7) is 1.15. The van der Waals surface area contributed by atoms with Crippen molar-refractivity contribution in [3.63, 3.8) is 0 Å². The molecule has 0 radical (unpaired) electrons. The highest BCUT2D eigenvalue weighted by Gasteiger charge is 2.19. The Balaban J connectivity index is 1.70. The molecule has 2 aromatic carbocycles. The van der Waals surface area contributed by atoms with Crippen LogP contribution in [0.4, 0.5) is 5.69 Å². The fraction of sp³-hybridized carbons (Fsp3) is 0.320. The average molecular weight is 515 g/mol. The number of benzene rings is 2. The summed E-state index contributed by atoms with van der Waals surface area (Å²) in [5, 5.41) is 17.7. The van der Waals surface area contributed by atoms with Crippen molar-refractivity contribution in [2.45, 2.75) is 37.5 Å². The smallest absolute Gasteiger partial charge is 0.304 e. The van der Waals surface area contributed by atoms with Gasteiger partial charge in [0.25, 0.3) is 0 Å². The summed E-state index contributed by atoms with van der Waals surface area (Å²) < 4.78 is 0. The standard InChI is InChI=1S/C25H30N4O6S/c1-16(28-21(30)10-11-26-25(35)20(36)14-23(32)33)24(34)27-15-22(31)29-19-9-5-8-18(13-19)12-17-6-3-2-4-7-17/h2-9,13,16,20,36H,10-12,14-15H2,1H3,(H,26,35)(H,27,34)(H,28,30)(H,29,31)(H,32,33)/t16-,20?/m0/s1. The van der Waals surface area contributed by atoms with E-state index < -0.39 is 47.3 Å². The van der Waals surface area contributed by atoms with Crippen molar-refractivity contribution in [3.8, 4) is 0 Å². The zero-order valence-electron chi connectivity index (χ0n) is 19.8. The van der Waals surface area contributed by atoms with Gasteiger partial charge in [-0.2, -0.15) is 12.6 Å². The van der Waals surface area contributed by atoms with Crippen molar-refractivity contribution >= 4 is 47.9 Å². The minimum atomic E-state index is -1.16. The Hall–Kier alpha value is -3.86. The molecule has 2 aromatic rings. The van der Waals surface area contributed by atoms with E-state index in [9.17, 15) is 24.0 Å². The van der Waals surface area contributed by atoms with Crippen molar-refractivity contribution in [2.24, 2.45) is 0 Å². The largest absolute Gasteiger partial charge is 0.481 e. The molecule has 192 valence electrons. The number of rotatable bonds is 13. The van der Waals surface area contributed by atoms with Gasteiger partial charge in [-0.1, -0.05) is 42.5 Å². The Labute approximate surface area is 214 Å². The van der Waals surface area contributed by atoms with E-state index in [0.29, 0.717) is 5.69 Å². The van der Waals surface area contributed by atoms with E-state index >= 15 is 0 Å². The summed E-state index contributed by atoms with van der Waals surface area (Å²) in [4.78, 5) is 58.8. The molecule has 2 rings (SSSR count). The van der Waals surface area contributed by atoms with Gasteiger partial charge in [0.1, 0.15) is 6.04 Å². The summed E-state index contributed by atoms with van der Waals surface area (Å²) in [7, 11) is 0. The molecule has 0 aliphatic rings. The van der Waals surface area contributed by atoms with Gasteiger partial charge in [0.15, 0.2) is 0 Å². The molecule has 5 N–H and O–H groups in total. The quantitative estimate of drug-likeness (QED) is 0.220. The molecule has 0 aliphatic carbocycles. The van der Waals surface area contributed by atoms with E-state index in [0.717, 1.165) is 17.5 Å². The van der Waals surface area contributed by atoms with Gasteiger partial charge in [0.05, 0.1) is 18.2 Å². The minimum absolute atomic E-state index is 0.0403. The van der Waals surface area contributed by atoms with Gasteiger partial charge >= 0.3 is 5.97 Å². The molecule has 0 heterocycles. The van der Waals surface area contributed by atoms with Crippen LogP contribution in [-0.2, 0) is 30.4 Å². The predicted molar refractivity (Wildman–Crippen MR) is 138 cm³/mol. The van der Waals surface area contributed by atoms with E-state index in [1.54, 1.807) is 6.07 Å². The number of carboxylic acid groups (broad SMARTS) is 1. The van der Waals surface area contributed by atoms with Crippen LogP contribution in [0.2, 0.25) is 0 Å². The van der Waals surface area contributed by atoms with Crippen molar-refractivity contribution in [1.29, 1.82) is 0 Å². The molecule has 11 heteroatoms. The number of thiol groups is 1.